The predicted molar refractivity (Wildman–Crippen MR) is 73.5 cm³/mol. The number of nitrogen functional groups attached to an aromatic ring is 1. The fourth-order valence-corrected chi connectivity index (χ4v) is 1.29. The second-order valence-electron chi connectivity index (χ2n) is 3.67. The summed E-state index contributed by atoms with van der Waals surface area (Å²) < 4.78 is 21.7. The van der Waals surface area contributed by atoms with Crippen LogP contribution in [0.15, 0.2) is 12.7 Å². The normalized spacial score (nSPS) is 9.59. The number of anilines is 1. The first-order valence-electron chi connectivity index (χ1n) is 6.33. The molecule has 0 aliphatic rings. The minimum absolute atomic E-state index is 0.170. The lowest BCUT2D eigenvalue weighted by molar-refractivity contribution is 0.0507. The van der Waals surface area contributed by atoms with Gasteiger partial charge in [0.25, 0.3) is 0 Å². The number of nitrogens with two attached hydrogens (primary N) is 1. The third kappa shape index (κ3) is 4.58. The SMILES string of the molecule is CCOC(=O)c1[nH]cnc1N.CCOC(=O)c1nc[nH]c1F. The van der Waals surface area contributed by atoms with Crippen LogP contribution in [-0.2, 0) is 9.47 Å². The first-order valence-corrected chi connectivity index (χ1v) is 6.33. The number of hydrogen-bond acceptors (Lipinski definition) is 7. The van der Waals surface area contributed by atoms with E-state index in [1.807, 2.05) is 0 Å². The number of imidazole rings is 2. The standard InChI is InChI=1S/C6H7FN2O2.C6H9N3O2/c2*1-2-11-6(10)4-5(7)9-3-8-4/h3H,2H2,1H3,(H,8,9);3H,2,7H2,1H3,(H,8,9). The Morgan fingerprint density at radius 2 is 1.73 bits per heavy atom. The molecule has 4 N–H and O–H groups in total. The molecule has 2 heterocycles. The number of H-pyrrole nitrogens is 2. The molecule has 0 fully saturated rings. The molecule has 0 spiro atoms. The van der Waals surface area contributed by atoms with Gasteiger partial charge in [0, 0.05) is 0 Å². The number of carbonyl (C=O) groups excluding carboxylic acids is 2. The van der Waals surface area contributed by atoms with Gasteiger partial charge in [-0.2, -0.15) is 4.39 Å². The molecule has 120 valence electrons. The number of aromatic nitrogens is 4. The average Bonchev–Trinajstić information content (AvgIpc) is 3.08. The minimum Gasteiger partial charge on any atom is -0.461 e. The quantitative estimate of drug-likeness (QED) is 0.713. The van der Waals surface area contributed by atoms with Crippen LogP contribution in [0.1, 0.15) is 34.8 Å². The van der Waals surface area contributed by atoms with Crippen LogP contribution in [0.3, 0.4) is 0 Å². The molecule has 22 heavy (non-hydrogen) atoms. The van der Waals surface area contributed by atoms with Crippen LogP contribution in [0, 0.1) is 5.95 Å². The molecule has 2 rings (SSSR count). The van der Waals surface area contributed by atoms with Crippen LogP contribution in [-0.4, -0.2) is 45.1 Å². The maximum absolute atomic E-state index is 12.5. The van der Waals surface area contributed by atoms with Crippen molar-refractivity contribution < 1.29 is 23.5 Å². The van der Waals surface area contributed by atoms with Crippen molar-refractivity contribution in [2.75, 3.05) is 18.9 Å². The van der Waals surface area contributed by atoms with Gasteiger partial charge in [-0.15, -0.1) is 0 Å². The molecule has 0 unspecified atom stereocenters. The Morgan fingerprint density at radius 1 is 1.14 bits per heavy atom. The van der Waals surface area contributed by atoms with E-state index in [-0.39, 0.29) is 23.8 Å². The van der Waals surface area contributed by atoms with Crippen molar-refractivity contribution in [1.29, 1.82) is 0 Å². The topological polar surface area (TPSA) is 136 Å². The summed E-state index contributed by atoms with van der Waals surface area (Å²) >= 11 is 0. The van der Waals surface area contributed by atoms with Gasteiger partial charge in [0.2, 0.25) is 11.6 Å². The lowest BCUT2D eigenvalue weighted by Gasteiger charge is -1.97. The fraction of sp³-hybridized carbons (Fsp3) is 0.333. The van der Waals surface area contributed by atoms with Crippen molar-refractivity contribution in [3.05, 3.63) is 30.0 Å². The number of rotatable bonds is 4. The van der Waals surface area contributed by atoms with E-state index < -0.39 is 17.9 Å². The van der Waals surface area contributed by atoms with Crippen LogP contribution < -0.4 is 5.73 Å². The highest BCUT2D eigenvalue weighted by Gasteiger charge is 2.14. The third-order valence-electron chi connectivity index (χ3n) is 2.21. The molecule has 0 aromatic carbocycles. The van der Waals surface area contributed by atoms with E-state index >= 15 is 0 Å². The van der Waals surface area contributed by atoms with E-state index in [4.69, 9.17) is 5.73 Å². The molecular formula is C12H16FN5O4. The number of aromatic amines is 2. The van der Waals surface area contributed by atoms with Crippen molar-refractivity contribution in [2.45, 2.75) is 13.8 Å². The summed E-state index contributed by atoms with van der Waals surface area (Å²) in [4.78, 5) is 33.5. The van der Waals surface area contributed by atoms with Gasteiger partial charge in [0.05, 0.1) is 25.9 Å². The molecule has 0 radical (unpaired) electrons. The van der Waals surface area contributed by atoms with E-state index in [1.54, 1.807) is 13.8 Å². The average molecular weight is 313 g/mol. The molecule has 0 aliphatic heterocycles. The fourth-order valence-electron chi connectivity index (χ4n) is 1.29. The Balaban J connectivity index is 0.000000220. The number of hydrogen-bond donors (Lipinski definition) is 3. The van der Waals surface area contributed by atoms with Crippen molar-refractivity contribution >= 4 is 17.8 Å². The maximum atomic E-state index is 12.5. The van der Waals surface area contributed by atoms with Crippen LogP contribution in [0.5, 0.6) is 0 Å². The Bertz CT molecular complexity index is 570. The van der Waals surface area contributed by atoms with Gasteiger partial charge in [-0.1, -0.05) is 0 Å². The van der Waals surface area contributed by atoms with E-state index in [2.05, 4.69) is 29.4 Å². The highest BCUT2D eigenvalue weighted by molar-refractivity contribution is 5.91. The summed E-state index contributed by atoms with van der Waals surface area (Å²) in [5.41, 5.74) is 5.24. The van der Waals surface area contributed by atoms with Gasteiger partial charge in [0.1, 0.15) is 0 Å². The molecule has 9 nitrogen and oxygen atoms in total. The first-order chi connectivity index (χ1) is 10.5. The molecule has 10 heteroatoms. The Kier molecular flexibility index (Phi) is 6.54. The van der Waals surface area contributed by atoms with Crippen molar-refractivity contribution in [3.63, 3.8) is 0 Å². The molecule has 2 aromatic rings. The van der Waals surface area contributed by atoms with Crippen molar-refractivity contribution in [3.8, 4) is 0 Å². The summed E-state index contributed by atoms with van der Waals surface area (Å²) in [5, 5.41) is 0. The summed E-state index contributed by atoms with van der Waals surface area (Å²) in [6.07, 6.45) is 2.45. The zero-order valence-electron chi connectivity index (χ0n) is 12.1. The molecule has 0 amide bonds. The third-order valence-corrected chi connectivity index (χ3v) is 2.21. The number of esters is 2. The van der Waals surface area contributed by atoms with Gasteiger partial charge in [-0.05, 0) is 13.8 Å². The molecule has 2 aromatic heterocycles. The monoisotopic (exact) mass is 313 g/mol. The molecule has 0 atom stereocenters. The maximum Gasteiger partial charge on any atom is 0.361 e. The number of ether oxygens (including phenoxy) is 2. The Labute approximate surface area is 125 Å². The Morgan fingerprint density at radius 3 is 2.18 bits per heavy atom. The number of nitrogens with zero attached hydrogens (tertiary/aromatic N) is 2. The van der Waals surface area contributed by atoms with Gasteiger partial charge in [0.15, 0.2) is 11.5 Å². The lowest BCUT2D eigenvalue weighted by atomic mass is 10.4. The van der Waals surface area contributed by atoms with Crippen molar-refractivity contribution in [1.82, 2.24) is 19.9 Å². The zero-order valence-corrected chi connectivity index (χ0v) is 12.1. The minimum atomic E-state index is -0.761. The molecular weight excluding hydrogens is 297 g/mol. The van der Waals surface area contributed by atoms with E-state index in [9.17, 15) is 14.0 Å². The highest BCUT2D eigenvalue weighted by Crippen LogP contribution is 2.05. The largest absolute Gasteiger partial charge is 0.461 e. The van der Waals surface area contributed by atoms with Crippen LogP contribution in [0.25, 0.3) is 0 Å². The summed E-state index contributed by atoms with van der Waals surface area (Å²) in [6, 6.07) is 0. The summed E-state index contributed by atoms with van der Waals surface area (Å²) in [7, 11) is 0. The number of halogens is 1. The zero-order chi connectivity index (χ0) is 16.5. The highest BCUT2D eigenvalue weighted by atomic mass is 19.1. The van der Waals surface area contributed by atoms with Crippen LogP contribution >= 0.6 is 0 Å². The Hall–Kier alpha value is -2.91. The van der Waals surface area contributed by atoms with Gasteiger partial charge >= 0.3 is 11.9 Å². The van der Waals surface area contributed by atoms with Gasteiger partial charge < -0.3 is 25.2 Å². The summed E-state index contributed by atoms with van der Waals surface area (Å²) in [5.74, 6) is -1.80. The van der Waals surface area contributed by atoms with E-state index in [0.29, 0.717) is 6.61 Å². The van der Waals surface area contributed by atoms with Crippen LogP contribution in [0.2, 0.25) is 0 Å². The smallest absolute Gasteiger partial charge is 0.361 e. The molecule has 0 saturated carbocycles. The van der Waals surface area contributed by atoms with Crippen molar-refractivity contribution in [2.24, 2.45) is 0 Å². The van der Waals surface area contributed by atoms with E-state index in [0.717, 1.165) is 6.33 Å². The lowest BCUT2D eigenvalue weighted by Crippen LogP contribution is -2.07. The van der Waals surface area contributed by atoms with Gasteiger partial charge in [-0.3, -0.25) is 0 Å². The first kappa shape index (κ1) is 17.1. The van der Waals surface area contributed by atoms with Crippen LogP contribution in [0.4, 0.5) is 10.2 Å². The second kappa shape index (κ2) is 8.39. The number of carbonyl (C=O) groups is 2. The van der Waals surface area contributed by atoms with Gasteiger partial charge in [-0.25, -0.2) is 19.6 Å². The molecule has 0 saturated heterocycles. The molecule has 0 aliphatic carbocycles. The summed E-state index contributed by atoms with van der Waals surface area (Å²) in [6.45, 7) is 3.91. The second-order valence-corrected chi connectivity index (χ2v) is 3.67. The number of nitrogens with one attached hydrogen (secondary N) is 2. The predicted octanol–water partition coefficient (Wildman–Crippen LogP) is 0.894. The van der Waals surface area contributed by atoms with E-state index in [1.165, 1.54) is 6.33 Å². The molecule has 0 bridgehead atoms.